The predicted molar refractivity (Wildman–Crippen MR) is 154 cm³/mol. The minimum Gasteiger partial charge on any atom is -0.460 e. The lowest BCUT2D eigenvalue weighted by atomic mass is 10.1. The molecule has 0 aromatic heterocycles. The van der Waals surface area contributed by atoms with E-state index in [1.54, 1.807) is 29.2 Å². The van der Waals surface area contributed by atoms with Crippen molar-refractivity contribution in [3.63, 3.8) is 0 Å². The number of carbonyl (C=O) groups excluding carboxylic acids is 3. The molecule has 8 nitrogen and oxygen atoms in total. The van der Waals surface area contributed by atoms with Crippen LogP contribution in [0.25, 0.3) is 0 Å². The normalized spacial score (nSPS) is 11.2. The number of hydrogen-bond acceptors (Lipinski definition) is 7. The summed E-state index contributed by atoms with van der Waals surface area (Å²) < 4.78 is 22.5. The molecule has 2 rings (SSSR count). The standard InChI is InChI=1S/C30H38BrNO7/c1-5-28(34)32(26-14-10-24(31)11-15-26)25-12-8-23(9-13-25)27(33)7-6-17-36-19-21-38-22-20-37-18-16-29(35)39-30(2,3)4/h5,8-15H,1,6-7,16-22H2,2-4H3. The molecule has 2 aromatic rings. The lowest BCUT2D eigenvalue weighted by Crippen LogP contribution is -2.24. The van der Waals surface area contributed by atoms with E-state index in [9.17, 15) is 14.4 Å². The zero-order chi connectivity index (χ0) is 28.7. The number of hydrogen-bond donors (Lipinski definition) is 0. The molecular weight excluding hydrogens is 566 g/mol. The van der Waals surface area contributed by atoms with E-state index in [-0.39, 0.29) is 24.1 Å². The van der Waals surface area contributed by atoms with Crippen molar-refractivity contribution in [1.29, 1.82) is 0 Å². The fourth-order valence-electron chi connectivity index (χ4n) is 3.45. The number of Topliss-reactive ketones (excluding diaryl/α,β-unsaturated/α-hetero) is 1. The minimum atomic E-state index is -0.490. The second-order valence-corrected chi connectivity index (χ2v) is 10.5. The molecular formula is C30H38BrNO7. The van der Waals surface area contributed by atoms with Gasteiger partial charge in [0.1, 0.15) is 5.60 Å². The fourth-order valence-corrected chi connectivity index (χ4v) is 3.71. The Labute approximate surface area is 239 Å². The molecule has 0 bridgehead atoms. The molecule has 0 N–H and O–H groups in total. The van der Waals surface area contributed by atoms with Crippen LogP contribution in [0.3, 0.4) is 0 Å². The molecule has 0 atom stereocenters. The summed E-state index contributed by atoms with van der Waals surface area (Å²) in [6, 6.07) is 14.3. The van der Waals surface area contributed by atoms with Crippen LogP contribution in [0.4, 0.5) is 11.4 Å². The second kappa shape index (κ2) is 17.0. The molecule has 1 amide bonds. The molecule has 0 spiro atoms. The van der Waals surface area contributed by atoms with Crippen LogP contribution in [-0.2, 0) is 28.5 Å². The Morgan fingerprint density at radius 2 is 1.31 bits per heavy atom. The number of benzene rings is 2. The van der Waals surface area contributed by atoms with E-state index in [0.717, 1.165) is 4.47 Å². The molecule has 0 aliphatic heterocycles. The molecule has 2 aromatic carbocycles. The van der Waals surface area contributed by atoms with E-state index < -0.39 is 5.60 Å². The van der Waals surface area contributed by atoms with Gasteiger partial charge in [0.15, 0.2) is 5.78 Å². The number of anilines is 2. The van der Waals surface area contributed by atoms with E-state index in [4.69, 9.17) is 18.9 Å². The van der Waals surface area contributed by atoms with Crippen molar-refractivity contribution in [3.05, 3.63) is 71.2 Å². The van der Waals surface area contributed by atoms with Crippen molar-refractivity contribution in [2.24, 2.45) is 0 Å². The average molecular weight is 605 g/mol. The van der Waals surface area contributed by atoms with Gasteiger partial charge in [0.05, 0.1) is 39.5 Å². The Morgan fingerprint density at radius 1 is 0.795 bits per heavy atom. The Kier molecular flexibility index (Phi) is 14.1. The van der Waals surface area contributed by atoms with Crippen molar-refractivity contribution in [3.8, 4) is 0 Å². The molecule has 212 valence electrons. The van der Waals surface area contributed by atoms with Crippen molar-refractivity contribution < 1.29 is 33.3 Å². The number of esters is 1. The Hall–Kier alpha value is -2.85. The van der Waals surface area contributed by atoms with E-state index >= 15 is 0 Å². The van der Waals surface area contributed by atoms with Gasteiger partial charge in [-0.3, -0.25) is 19.3 Å². The van der Waals surface area contributed by atoms with Gasteiger partial charge in [0.2, 0.25) is 0 Å². The highest BCUT2D eigenvalue weighted by atomic mass is 79.9. The molecule has 9 heteroatoms. The lowest BCUT2D eigenvalue weighted by molar-refractivity contribution is -0.156. The third kappa shape index (κ3) is 12.7. The zero-order valence-electron chi connectivity index (χ0n) is 23.0. The molecule has 0 fully saturated rings. The number of ether oxygens (including phenoxy) is 4. The first-order chi connectivity index (χ1) is 18.6. The third-order valence-corrected chi connectivity index (χ3v) is 5.76. The van der Waals surface area contributed by atoms with Gasteiger partial charge in [-0.1, -0.05) is 22.5 Å². The molecule has 0 saturated heterocycles. The Morgan fingerprint density at radius 3 is 1.85 bits per heavy atom. The summed E-state index contributed by atoms with van der Waals surface area (Å²) in [6.07, 6.45) is 2.42. The molecule has 0 saturated carbocycles. The fraction of sp³-hybridized carbons (Fsp3) is 0.433. The van der Waals surface area contributed by atoms with Crippen LogP contribution in [-0.4, -0.2) is 62.9 Å². The van der Waals surface area contributed by atoms with E-state index in [2.05, 4.69) is 22.5 Å². The lowest BCUT2D eigenvalue weighted by Gasteiger charge is -2.22. The summed E-state index contributed by atoms with van der Waals surface area (Å²) in [5.41, 5.74) is 1.44. The number of amides is 1. The van der Waals surface area contributed by atoms with Gasteiger partial charge in [-0.2, -0.15) is 0 Å². The third-order valence-electron chi connectivity index (χ3n) is 5.23. The Balaban J connectivity index is 1.61. The average Bonchev–Trinajstić information content (AvgIpc) is 2.89. The first kappa shape index (κ1) is 32.4. The summed E-state index contributed by atoms with van der Waals surface area (Å²) >= 11 is 3.40. The van der Waals surface area contributed by atoms with Crippen LogP contribution >= 0.6 is 15.9 Å². The summed E-state index contributed by atoms with van der Waals surface area (Å²) in [4.78, 5) is 38.2. The van der Waals surface area contributed by atoms with Crippen LogP contribution in [0, 0.1) is 0 Å². The smallest absolute Gasteiger partial charge is 0.308 e. The molecule has 0 radical (unpaired) electrons. The van der Waals surface area contributed by atoms with Gasteiger partial charge in [-0.25, -0.2) is 0 Å². The minimum absolute atomic E-state index is 0.00942. The van der Waals surface area contributed by atoms with Crippen LogP contribution in [0.1, 0.15) is 50.4 Å². The van der Waals surface area contributed by atoms with Gasteiger partial charge in [0, 0.05) is 34.4 Å². The number of carbonyl (C=O) groups is 3. The molecule has 39 heavy (non-hydrogen) atoms. The maximum Gasteiger partial charge on any atom is 0.308 e. The van der Waals surface area contributed by atoms with Gasteiger partial charge in [-0.15, -0.1) is 0 Å². The highest BCUT2D eigenvalue weighted by Crippen LogP contribution is 2.28. The van der Waals surface area contributed by atoms with Crippen molar-refractivity contribution in [2.45, 2.75) is 45.6 Å². The van der Waals surface area contributed by atoms with E-state index in [1.165, 1.54) is 6.08 Å². The van der Waals surface area contributed by atoms with Gasteiger partial charge >= 0.3 is 5.97 Å². The van der Waals surface area contributed by atoms with Crippen LogP contribution < -0.4 is 4.90 Å². The maximum atomic E-state index is 12.6. The number of rotatable bonds is 17. The summed E-state index contributed by atoms with van der Waals surface area (Å²) in [5.74, 6) is -0.533. The number of nitrogens with zero attached hydrogens (tertiary/aromatic N) is 1. The predicted octanol–water partition coefficient (Wildman–Crippen LogP) is 6.04. The van der Waals surface area contributed by atoms with E-state index in [1.807, 2.05) is 45.0 Å². The molecule has 0 aliphatic rings. The number of halogens is 1. The number of ketones is 1. The quantitative estimate of drug-likeness (QED) is 0.0941. The second-order valence-electron chi connectivity index (χ2n) is 9.60. The first-order valence-corrected chi connectivity index (χ1v) is 13.7. The highest BCUT2D eigenvalue weighted by molar-refractivity contribution is 9.10. The molecule has 0 heterocycles. The summed E-state index contributed by atoms with van der Waals surface area (Å²) in [5, 5.41) is 0. The van der Waals surface area contributed by atoms with Gasteiger partial charge < -0.3 is 18.9 Å². The molecule has 0 unspecified atom stereocenters. The Bertz CT molecular complexity index is 1060. The summed E-state index contributed by atoms with van der Waals surface area (Å²) in [6.45, 7) is 11.5. The van der Waals surface area contributed by atoms with Crippen LogP contribution in [0.5, 0.6) is 0 Å². The van der Waals surface area contributed by atoms with Crippen LogP contribution in [0.15, 0.2) is 65.7 Å². The largest absolute Gasteiger partial charge is 0.460 e. The zero-order valence-corrected chi connectivity index (χ0v) is 24.5. The first-order valence-electron chi connectivity index (χ1n) is 12.9. The van der Waals surface area contributed by atoms with Gasteiger partial charge in [0.25, 0.3) is 5.91 Å². The van der Waals surface area contributed by atoms with E-state index in [0.29, 0.717) is 69.4 Å². The van der Waals surface area contributed by atoms with Crippen LogP contribution in [0.2, 0.25) is 0 Å². The highest BCUT2D eigenvalue weighted by Gasteiger charge is 2.17. The van der Waals surface area contributed by atoms with Crippen molar-refractivity contribution >= 4 is 45.0 Å². The van der Waals surface area contributed by atoms with Crippen molar-refractivity contribution in [1.82, 2.24) is 0 Å². The SMILES string of the molecule is C=CC(=O)N(c1ccc(Br)cc1)c1ccc(C(=O)CCCOCCOCCOCCC(=O)OC(C)(C)C)cc1. The maximum absolute atomic E-state index is 12.6. The summed E-state index contributed by atoms with van der Waals surface area (Å²) in [7, 11) is 0. The topological polar surface area (TPSA) is 91.4 Å². The molecule has 0 aliphatic carbocycles. The monoisotopic (exact) mass is 603 g/mol. The van der Waals surface area contributed by atoms with Crippen molar-refractivity contribution in [2.75, 3.05) is 44.5 Å². The van der Waals surface area contributed by atoms with Gasteiger partial charge in [-0.05, 0) is 81.8 Å².